The molecule has 26 heavy (non-hydrogen) atoms. The first-order valence-corrected chi connectivity index (χ1v) is 9.15. The van der Waals surface area contributed by atoms with Gasteiger partial charge in [0.2, 0.25) is 5.91 Å². The minimum Gasteiger partial charge on any atom is -0.486 e. The van der Waals surface area contributed by atoms with Crippen molar-refractivity contribution in [1.29, 1.82) is 0 Å². The van der Waals surface area contributed by atoms with E-state index < -0.39 is 0 Å². The highest BCUT2D eigenvalue weighted by Crippen LogP contribution is 2.16. The third-order valence-electron chi connectivity index (χ3n) is 3.38. The zero-order valence-electron chi connectivity index (χ0n) is 15.1. The molecule has 0 atom stereocenters. The van der Waals surface area contributed by atoms with Gasteiger partial charge in [-0.15, -0.1) is 36.2 Å². The number of rotatable bonds is 10. The Kier molecular flexibility index (Phi) is 13.1. The Morgan fingerprint density at radius 2 is 1.88 bits per heavy atom. The standard InChI is InChI=1S/C18H25N3O2S.2ClH/c1-3-8-19-9-10-20-17(22)11-15-13-24-18(21-15)12-23-16-6-4-14(2)5-7-16;;/h4-7,13,19H,3,8-12H2,1-2H3,(H,20,22);2*1H. The number of hydrogen-bond acceptors (Lipinski definition) is 5. The predicted octanol–water partition coefficient (Wildman–Crippen LogP) is 3.53. The zero-order valence-corrected chi connectivity index (χ0v) is 17.6. The van der Waals surface area contributed by atoms with Gasteiger partial charge in [0.25, 0.3) is 0 Å². The van der Waals surface area contributed by atoms with Crippen LogP contribution in [0.4, 0.5) is 0 Å². The van der Waals surface area contributed by atoms with Crippen LogP contribution < -0.4 is 15.4 Å². The number of aromatic nitrogens is 1. The van der Waals surface area contributed by atoms with Gasteiger partial charge in [-0.1, -0.05) is 24.6 Å². The number of nitrogens with one attached hydrogen (secondary N) is 2. The van der Waals surface area contributed by atoms with Gasteiger partial charge in [0.1, 0.15) is 17.4 Å². The van der Waals surface area contributed by atoms with E-state index in [-0.39, 0.29) is 30.7 Å². The van der Waals surface area contributed by atoms with E-state index in [2.05, 4.69) is 22.5 Å². The van der Waals surface area contributed by atoms with E-state index in [1.54, 1.807) is 0 Å². The summed E-state index contributed by atoms with van der Waals surface area (Å²) in [7, 11) is 0. The number of nitrogens with zero attached hydrogens (tertiary/aromatic N) is 1. The third kappa shape index (κ3) is 9.38. The minimum absolute atomic E-state index is 0. The Bertz CT molecular complexity index is 636. The van der Waals surface area contributed by atoms with Crippen molar-refractivity contribution in [3.8, 4) is 5.75 Å². The second-order valence-corrected chi connectivity index (χ2v) is 6.55. The molecule has 1 aromatic carbocycles. The summed E-state index contributed by atoms with van der Waals surface area (Å²) in [5, 5.41) is 8.94. The van der Waals surface area contributed by atoms with Crippen LogP contribution in [0.25, 0.3) is 0 Å². The highest BCUT2D eigenvalue weighted by atomic mass is 35.5. The minimum atomic E-state index is 0. The lowest BCUT2D eigenvalue weighted by Gasteiger charge is -2.05. The molecule has 2 N–H and O–H groups in total. The SMILES string of the molecule is CCCNCCNC(=O)Cc1csc(COc2ccc(C)cc2)n1.Cl.Cl. The highest BCUT2D eigenvalue weighted by molar-refractivity contribution is 7.09. The second kappa shape index (κ2) is 13.8. The predicted molar refractivity (Wildman–Crippen MR) is 112 cm³/mol. The molecule has 0 spiro atoms. The molecule has 1 aromatic heterocycles. The fraction of sp³-hybridized carbons (Fsp3) is 0.444. The second-order valence-electron chi connectivity index (χ2n) is 5.61. The van der Waals surface area contributed by atoms with Crippen molar-refractivity contribution in [2.24, 2.45) is 0 Å². The average molecular weight is 420 g/mol. The summed E-state index contributed by atoms with van der Waals surface area (Å²) in [6.07, 6.45) is 1.41. The maximum Gasteiger partial charge on any atom is 0.226 e. The first-order chi connectivity index (χ1) is 11.7. The lowest BCUT2D eigenvalue weighted by Crippen LogP contribution is -2.33. The van der Waals surface area contributed by atoms with Gasteiger partial charge in [0, 0.05) is 18.5 Å². The van der Waals surface area contributed by atoms with Crippen molar-refractivity contribution in [3.05, 3.63) is 45.9 Å². The Hall–Kier alpha value is -1.34. The van der Waals surface area contributed by atoms with E-state index in [0.29, 0.717) is 19.6 Å². The number of hydrogen-bond donors (Lipinski definition) is 2. The van der Waals surface area contributed by atoms with Gasteiger partial charge in [0.15, 0.2) is 0 Å². The van der Waals surface area contributed by atoms with E-state index in [0.717, 1.165) is 36.0 Å². The Labute approximate surface area is 171 Å². The number of benzene rings is 1. The van der Waals surface area contributed by atoms with Crippen molar-refractivity contribution < 1.29 is 9.53 Å². The summed E-state index contributed by atoms with van der Waals surface area (Å²) in [5.74, 6) is 0.833. The molecule has 0 bridgehead atoms. The number of ether oxygens (including phenoxy) is 1. The summed E-state index contributed by atoms with van der Waals surface area (Å²) in [6, 6.07) is 7.93. The molecule has 0 radical (unpaired) electrons. The molecule has 146 valence electrons. The maximum absolute atomic E-state index is 11.9. The maximum atomic E-state index is 11.9. The smallest absolute Gasteiger partial charge is 0.226 e. The van der Waals surface area contributed by atoms with Crippen LogP contribution >= 0.6 is 36.2 Å². The molecule has 0 saturated carbocycles. The summed E-state index contributed by atoms with van der Waals surface area (Å²) in [4.78, 5) is 16.3. The van der Waals surface area contributed by atoms with Crippen LogP contribution in [0.1, 0.15) is 29.6 Å². The van der Waals surface area contributed by atoms with Crippen LogP contribution in [0.5, 0.6) is 5.75 Å². The molecule has 1 amide bonds. The molecular formula is C18H27Cl2N3O2S. The third-order valence-corrected chi connectivity index (χ3v) is 4.25. The number of carbonyl (C=O) groups is 1. The van der Waals surface area contributed by atoms with Gasteiger partial charge >= 0.3 is 0 Å². The van der Waals surface area contributed by atoms with Gasteiger partial charge in [-0.05, 0) is 32.0 Å². The molecule has 2 rings (SSSR count). The van der Waals surface area contributed by atoms with Crippen molar-refractivity contribution in [1.82, 2.24) is 15.6 Å². The van der Waals surface area contributed by atoms with E-state index >= 15 is 0 Å². The fourth-order valence-corrected chi connectivity index (χ4v) is 2.80. The molecule has 0 unspecified atom stereocenters. The number of amides is 1. The highest BCUT2D eigenvalue weighted by Gasteiger charge is 2.08. The number of aryl methyl sites for hydroxylation is 1. The van der Waals surface area contributed by atoms with E-state index in [4.69, 9.17) is 4.74 Å². The van der Waals surface area contributed by atoms with Crippen molar-refractivity contribution in [2.75, 3.05) is 19.6 Å². The Morgan fingerprint density at radius 1 is 1.15 bits per heavy atom. The Morgan fingerprint density at radius 3 is 2.58 bits per heavy atom. The number of carbonyl (C=O) groups excluding carboxylic acids is 1. The van der Waals surface area contributed by atoms with E-state index in [1.165, 1.54) is 16.9 Å². The normalized spacial score (nSPS) is 9.77. The summed E-state index contributed by atoms with van der Waals surface area (Å²) in [5.41, 5.74) is 2.00. The van der Waals surface area contributed by atoms with Crippen LogP contribution in [0.3, 0.4) is 0 Å². The molecule has 0 saturated heterocycles. The van der Waals surface area contributed by atoms with Gasteiger partial charge in [-0.25, -0.2) is 4.98 Å². The number of thiazole rings is 1. The first kappa shape index (κ1) is 24.7. The van der Waals surface area contributed by atoms with E-state index in [1.807, 2.05) is 36.6 Å². The summed E-state index contributed by atoms with van der Waals surface area (Å²) >= 11 is 1.52. The van der Waals surface area contributed by atoms with Crippen molar-refractivity contribution in [3.63, 3.8) is 0 Å². The lowest BCUT2D eigenvalue weighted by atomic mass is 10.2. The van der Waals surface area contributed by atoms with Gasteiger partial charge < -0.3 is 15.4 Å². The van der Waals surface area contributed by atoms with Gasteiger partial charge in [-0.3, -0.25) is 4.79 Å². The van der Waals surface area contributed by atoms with Crippen molar-refractivity contribution >= 4 is 42.1 Å². The average Bonchev–Trinajstić information content (AvgIpc) is 3.01. The summed E-state index contributed by atoms with van der Waals surface area (Å²) in [6.45, 7) is 7.01. The quantitative estimate of drug-likeness (QED) is 0.578. The van der Waals surface area contributed by atoms with E-state index in [9.17, 15) is 4.79 Å². The molecule has 5 nitrogen and oxygen atoms in total. The molecule has 0 fully saturated rings. The Balaban J connectivity index is 0.00000312. The topological polar surface area (TPSA) is 63.2 Å². The fourth-order valence-electron chi connectivity index (χ4n) is 2.10. The lowest BCUT2D eigenvalue weighted by molar-refractivity contribution is -0.120. The molecule has 8 heteroatoms. The molecule has 1 heterocycles. The largest absolute Gasteiger partial charge is 0.486 e. The van der Waals surface area contributed by atoms with Crippen molar-refractivity contribution in [2.45, 2.75) is 33.3 Å². The first-order valence-electron chi connectivity index (χ1n) is 8.27. The van der Waals surface area contributed by atoms with Crippen LogP contribution in [0.15, 0.2) is 29.6 Å². The molecule has 0 aliphatic heterocycles. The molecule has 2 aromatic rings. The monoisotopic (exact) mass is 419 g/mol. The summed E-state index contributed by atoms with van der Waals surface area (Å²) < 4.78 is 5.71. The number of halogens is 2. The van der Waals surface area contributed by atoms with Crippen LogP contribution in [-0.4, -0.2) is 30.5 Å². The van der Waals surface area contributed by atoms with Gasteiger partial charge in [-0.2, -0.15) is 0 Å². The zero-order chi connectivity index (χ0) is 17.2. The molecular weight excluding hydrogens is 393 g/mol. The van der Waals surface area contributed by atoms with Gasteiger partial charge in [0.05, 0.1) is 12.1 Å². The molecule has 0 aliphatic carbocycles. The van der Waals surface area contributed by atoms with Crippen LogP contribution in [0, 0.1) is 6.92 Å². The van der Waals surface area contributed by atoms with Crippen LogP contribution in [-0.2, 0) is 17.8 Å². The molecule has 0 aliphatic rings. The van der Waals surface area contributed by atoms with Crippen LogP contribution in [0.2, 0.25) is 0 Å².